The van der Waals surface area contributed by atoms with Crippen LogP contribution in [-0.4, -0.2) is 43.7 Å². The monoisotopic (exact) mass is 325 g/mol. The highest BCUT2D eigenvalue weighted by Crippen LogP contribution is 2.19. The predicted molar refractivity (Wildman–Crippen MR) is 81.6 cm³/mol. The smallest absolute Gasteiger partial charge is 0.317 e. The minimum atomic E-state index is 0.0670. The van der Waals surface area contributed by atoms with Gasteiger partial charge in [0.2, 0.25) is 0 Å². The van der Waals surface area contributed by atoms with E-state index < -0.39 is 0 Å². The summed E-state index contributed by atoms with van der Waals surface area (Å²) in [5.74, 6) is 0. The molecule has 1 aliphatic heterocycles. The first-order chi connectivity index (χ1) is 9.20. The number of urea groups is 1. The fourth-order valence-electron chi connectivity index (χ4n) is 2.16. The number of hydrogen-bond donors (Lipinski definition) is 1. The Bertz CT molecular complexity index is 413. The highest BCUT2D eigenvalue weighted by Gasteiger charge is 2.20. The number of nitrogens with one attached hydrogen (secondary N) is 1. The number of amides is 2. The fourth-order valence-corrected chi connectivity index (χ4v) is 2.43. The summed E-state index contributed by atoms with van der Waals surface area (Å²) in [5.41, 5.74) is 1.22. The molecule has 4 nitrogen and oxygen atoms in total. The standard InChI is InChI=1S/C14H20BrN3O/c1-2-7-16-14(19)18-10-8-17(9-11-18)13-5-3-12(15)4-6-13/h3-6H,2,7-11H2,1H3,(H,16,19). The van der Waals surface area contributed by atoms with Crippen molar-refractivity contribution >= 4 is 27.6 Å². The van der Waals surface area contributed by atoms with Gasteiger partial charge in [-0.05, 0) is 30.7 Å². The van der Waals surface area contributed by atoms with Crippen LogP contribution in [0.1, 0.15) is 13.3 Å². The molecule has 1 fully saturated rings. The van der Waals surface area contributed by atoms with E-state index in [0.29, 0.717) is 0 Å². The maximum atomic E-state index is 11.8. The topological polar surface area (TPSA) is 35.6 Å². The number of nitrogens with zero attached hydrogens (tertiary/aromatic N) is 2. The van der Waals surface area contributed by atoms with Gasteiger partial charge in [0.05, 0.1) is 0 Å². The van der Waals surface area contributed by atoms with Gasteiger partial charge in [0.15, 0.2) is 0 Å². The van der Waals surface area contributed by atoms with Gasteiger partial charge in [-0.2, -0.15) is 0 Å². The van der Waals surface area contributed by atoms with Gasteiger partial charge in [0.1, 0.15) is 0 Å². The van der Waals surface area contributed by atoms with Crippen molar-refractivity contribution in [3.05, 3.63) is 28.7 Å². The van der Waals surface area contributed by atoms with E-state index >= 15 is 0 Å². The summed E-state index contributed by atoms with van der Waals surface area (Å²) < 4.78 is 1.09. The van der Waals surface area contributed by atoms with E-state index in [1.165, 1.54) is 5.69 Å². The van der Waals surface area contributed by atoms with Crippen molar-refractivity contribution in [2.75, 3.05) is 37.6 Å². The van der Waals surface area contributed by atoms with Crippen LogP contribution in [0.2, 0.25) is 0 Å². The van der Waals surface area contributed by atoms with Gasteiger partial charge in [-0.15, -0.1) is 0 Å². The molecule has 104 valence electrons. The van der Waals surface area contributed by atoms with Gasteiger partial charge in [-0.25, -0.2) is 4.79 Å². The van der Waals surface area contributed by atoms with Crippen LogP contribution in [0.3, 0.4) is 0 Å². The van der Waals surface area contributed by atoms with Crippen molar-refractivity contribution < 1.29 is 4.79 Å². The summed E-state index contributed by atoms with van der Waals surface area (Å²) in [6.07, 6.45) is 0.977. The van der Waals surface area contributed by atoms with E-state index in [1.807, 2.05) is 4.90 Å². The van der Waals surface area contributed by atoms with Crippen molar-refractivity contribution in [1.29, 1.82) is 0 Å². The second kappa shape index (κ2) is 6.80. The minimum Gasteiger partial charge on any atom is -0.368 e. The summed E-state index contributed by atoms with van der Waals surface area (Å²) >= 11 is 3.44. The Labute approximate surface area is 122 Å². The molecule has 0 atom stereocenters. The van der Waals surface area contributed by atoms with Crippen LogP contribution in [0, 0.1) is 0 Å². The van der Waals surface area contributed by atoms with Crippen LogP contribution < -0.4 is 10.2 Å². The normalized spacial score (nSPS) is 15.5. The molecule has 0 bridgehead atoms. The maximum Gasteiger partial charge on any atom is 0.317 e. The zero-order valence-corrected chi connectivity index (χ0v) is 12.8. The number of hydrogen-bond acceptors (Lipinski definition) is 2. The highest BCUT2D eigenvalue weighted by molar-refractivity contribution is 9.10. The molecule has 5 heteroatoms. The summed E-state index contributed by atoms with van der Waals surface area (Å²) in [5, 5.41) is 2.93. The Hall–Kier alpha value is -1.23. The molecular weight excluding hydrogens is 306 g/mol. The number of rotatable bonds is 3. The van der Waals surface area contributed by atoms with E-state index in [0.717, 1.165) is 43.6 Å². The molecule has 1 aromatic rings. The number of benzene rings is 1. The van der Waals surface area contributed by atoms with Crippen molar-refractivity contribution in [2.24, 2.45) is 0 Å². The fraction of sp³-hybridized carbons (Fsp3) is 0.500. The first kappa shape index (κ1) is 14.2. The van der Waals surface area contributed by atoms with E-state index in [4.69, 9.17) is 0 Å². The van der Waals surface area contributed by atoms with Gasteiger partial charge in [-0.1, -0.05) is 22.9 Å². The first-order valence-electron chi connectivity index (χ1n) is 6.74. The first-order valence-corrected chi connectivity index (χ1v) is 7.53. The molecule has 2 amide bonds. The lowest BCUT2D eigenvalue weighted by Gasteiger charge is -2.36. The van der Waals surface area contributed by atoms with Gasteiger partial charge < -0.3 is 15.1 Å². The molecule has 1 aromatic carbocycles. The lowest BCUT2D eigenvalue weighted by Crippen LogP contribution is -2.52. The second-order valence-corrected chi connectivity index (χ2v) is 5.60. The largest absolute Gasteiger partial charge is 0.368 e. The molecule has 1 N–H and O–H groups in total. The predicted octanol–water partition coefficient (Wildman–Crippen LogP) is 2.69. The number of carbonyl (C=O) groups is 1. The quantitative estimate of drug-likeness (QED) is 0.927. The third kappa shape index (κ3) is 3.86. The van der Waals surface area contributed by atoms with Crippen LogP contribution in [-0.2, 0) is 0 Å². The Morgan fingerprint density at radius 3 is 2.42 bits per heavy atom. The van der Waals surface area contributed by atoms with E-state index in [9.17, 15) is 4.79 Å². The van der Waals surface area contributed by atoms with Crippen molar-refractivity contribution in [2.45, 2.75) is 13.3 Å². The average Bonchev–Trinajstić information content (AvgIpc) is 2.46. The van der Waals surface area contributed by atoms with Gasteiger partial charge in [0, 0.05) is 42.9 Å². The van der Waals surface area contributed by atoms with E-state index in [1.54, 1.807) is 0 Å². The molecule has 2 rings (SSSR count). The third-order valence-electron chi connectivity index (χ3n) is 3.28. The molecule has 19 heavy (non-hydrogen) atoms. The summed E-state index contributed by atoms with van der Waals surface area (Å²) in [6.45, 7) is 6.16. The SMILES string of the molecule is CCCNC(=O)N1CCN(c2ccc(Br)cc2)CC1. The van der Waals surface area contributed by atoms with Crippen LogP contribution in [0.15, 0.2) is 28.7 Å². The van der Waals surface area contributed by atoms with Crippen molar-refractivity contribution in [1.82, 2.24) is 10.2 Å². The molecular formula is C14H20BrN3O. The summed E-state index contributed by atoms with van der Waals surface area (Å²) in [6, 6.07) is 8.39. The second-order valence-electron chi connectivity index (χ2n) is 4.68. The Balaban J connectivity index is 1.85. The molecule has 1 heterocycles. The molecule has 0 aliphatic carbocycles. The van der Waals surface area contributed by atoms with E-state index in [-0.39, 0.29) is 6.03 Å². The molecule has 1 aliphatic rings. The number of anilines is 1. The van der Waals surface area contributed by atoms with Crippen LogP contribution in [0.25, 0.3) is 0 Å². The Kier molecular flexibility index (Phi) is 5.07. The van der Waals surface area contributed by atoms with Crippen molar-refractivity contribution in [3.63, 3.8) is 0 Å². The maximum absolute atomic E-state index is 11.8. The van der Waals surface area contributed by atoms with E-state index in [2.05, 4.69) is 57.3 Å². The molecule has 1 saturated heterocycles. The lowest BCUT2D eigenvalue weighted by atomic mass is 10.2. The highest BCUT2D eigenvalue weighted by atomic mass is 79.9. The van der Waals surface area contributed by atoms with Crippen LogP contribution in [0.5, 0.6) is 0 Å². The summed E-state index contributed by atoms with van der Waals surface area (Å²) in [7, 11) is 0. The third-order valence-corrected chi connectivity index (χ3v) is 3.81. The molecule has 0 unspecified atom stereocenters. The lowest BCUT2D eigenvalue weighted by molar-refractivity contribution is 0.194. The molecule has 0 aromatic heterocycles. The van der Waals surface area contributed by atoms with Crippen LogP contribution in [0.4, 0.5) is 10.5 Å². The minimum absolute atomic E-state index is 0.0670. The van der Waals surface area contributed by atoms with Gasteiger partial charge in [0.25, 0.3) is 0 Å². The zero-order chi connectivity index (χ0) is 13.7. The molecule has 0 spiro atoms. The number of carbonyl (C=O) groups excluding carboxylic acids is 1. The Morgan fingerprint density at radius 2 is 1.84 bits per heavy atom. The summed E-state index contributed by atoms with van der Waals surface area (Å²) in [4.78, 5) is 16.0. The van der Waals surface area contributed by atoms with Crippen molar-refractivity contribution in [3.8, 4) is 0 Å². The average molecular weight is 326 g/mol. The van der Waals surface area contributed by atoms with Crippen LogP contribution >= 0.6 is 15.9 Å². The van der Waals surface area contributed by atoms with Gasteiger partial charge in [-0.3, -0.25) is 0 Å². The number of halogens is 1. The van der Waals surface area contributed by atoms with Gasteiger partial charge >= 0.3 is 6.03 Å². The Morgan fingerprint density at radius 1 is 1.21 bits per heavy atom. The molecule has 0 saturated carbocycles. The number of piperazine rings is 1. The zero-order valence-electron chi connectivity index (χ0n) is 11.2. The molecule has 0 radical (unpaired) electrons.